The van der Waals surface area contributed by atoms with Crippen molar-refractivity contribution in [1.82, 2.24) is 9.62 Å². The molecule has 3 rings (SSSR count). The second kappa shape index (κ2) is 9.07. The lowest BCUT2D eigenvalue weighted by Crippen LogP contribution is -2.35. The zero-order valence-electron chi connectivity index (χ0n) is 15.9. The summed E-state index contributed by atoms with van der Waals surface area (Å²) in [5.74, 6) is -0.140. The number of hydrogen-bond acceptors (Lipinski definition) is 3. The van der Waals surface area contributed by atoms with Crippen LogP contribution in [0.15, 0.2) is 53.4 Å². The van der Waals surface area contributed by atoms with Gasteiger partial charge in [0.15, 0.2) is 0 Å². The molecule has 0 aromatic heterocycles. The molecule has 1 heterocycles. The lowest BCUT2D eigenvalue weighted by atomic mass is 10.1. The van der Waals surface area contributed by atoms with Crippen LogP contribution in [0.1, 0.15) is 43.4 Å². The maximum absolute atomic E-state index is 12.7. The van der Waals surface area contributed by atoms with Gasteiger partial charge in [0, 0.05) is 18.1 Å². The van der Waals surface area contributed by atoms with E-state index in [4.69, 9.17) is 11.6 Å². The predicted octanol–water partition coefficient (Wildman–Crippen LogP) is 3.93. The predicted molar refractivity (Wildman–Crippen MR) is 111 cm³/mol. The minimum atomic E-state index is -3.45. The molecule has 2 aromatic carbocycles. The van der Waals surface area contributed by atoms with Crippen molar-refractivity contribution in [2.75, 3.05) is 13.1 Å². The number of benzene rings is 2. The standard InChI is InChI=1S/C21H25ClN2O3S/c1-16(19-7-3-4-8-20(19)22)23-21(25)15-17-9-11-18(12-10-17)28(26,27)24-13-5-2-6-14-24/h3-4,7-12,16H,2,5-6,13-15H2,1H3,(H,23,25). The lowest BCUT2D eigenvalue weighted by molar-refractivity contribution is -0.121. The Balaban J connectivity index is 1.62. The topological polar surface area (TPSA) is 66.5 Å². The van der Waals surface area contributed by atoms with Gasteiger partial charge in [0.25, 0.3) is 0 Å². The molecule has 1 saturated heterocycles. The number of nitrogens with zero attached hydrogens (tertiary/aromatic N) is 1. The first-order valence-electron chi connectivity index (χ1n) is 9.51. The highest BCUT2D eigenvalue weighted by molar-refractivity contribution is 7.89. The van der Waals surface area contributed by atoms with Crippen molar-refractivity contribution in [3.63, 3.8) is 0 Å². The third kappa shape index (κ3) is 4.93. The van der Waals surface area contributed by atoms with Crippen molar-refractivity contribution in [2.45, 2.75) is 43.5 Å². The first-order valence-corrected chi connectivity index (χ1v) is 11.3. The van der Waals surface area contributed by atoms with Gasteiger partial charge in [-0.1, -0.05) is 48.4 Å². The molecule has 28 heavy (non-hydrogen) atoms. The molecule has 1 aliphatic rings. The number of nitrogens with one attached hydrogen (secondary N) is 1. The van der Waals surface area contributed by atoms with E-state index in [1.165, 1.54) is 0 Å². The number of hydrogen-bond donors (Lipinski definition) is 1. The van der Waals surface area contributed by atoms with Gasteiger partial charge in [-0.15, -0.1) is 0 Å². The van der Waals surface area contributed by atoms with Crippen molar-refractivity contribution in [3.05, 3.63) is 64.7 Å². The van der Waals surface area contributed by atoms with E-state index in [2.05, 4.69) is 5.32 Å². The Hall–Kier alpha value is -1.89. The fourth-order valence-corrected chi connectivity index (χ4v) is 5.23. The van der Waals surface area contributed by atoms with Crippen LogP contribution in [0, 0.1) is 0 Å². The Bertz CT molecular complexity index is 923. The van der Waals surface area contributed by atoms with Crippen molar-refractivity contribution >= 4 is 27.5 Å². The van der Waals surface area contributed by atoms with E-state index in [1.807, 2.05) is 25.1 Å². The van der Waals surface area contributed by atoms with Gasteiger partial charge in [0.2, 0.25) is 15.9 Å². The van der Waals surface area contributed by atoms with Crippen LogP contribution in [-0.2, 0) is 21.2 Å². The van der Waals surface area contributed by atoms with Crippen LogP contribution in [-0.4, -0.2) is 31.7 Å². The quantitative estimate of drug-likeness (QED) is 0.769. The van der Waals surface area contributed by atoms with Crippen LogP contribution in [0.2, 0.25) is 5.02 Å². The Morgan fingerprint density at radius 2 is 1.71 bits per heavy atom. The summed E-state index contributed by atoms with van der Waals surface area (Å²) in [4.78, 5) is 12.6. The lowest BCUT2D eigenvalue weighted by Gasteiger charge is -2.25. The molecule has 0 bridgehead atoms. The molecule has 1 unspecified atom stereocenters. The van der Waals surface area contributed by atoms with E-state index in [-0.39, 0.29) is 23.3 Å². The summed E-state index contributed by atoms with van der Waals surface area (Å²) in [6.45, 7) is 3.03. The molecule has 150 valence electrons. The monoisotopic (exact) mass is 420 g/mol. The summed E-state index contributed by atoms with van der Waals surface area (Å²) in [5, 5.41) is 3.55. The Labute approximate surface area is 171 Å². The second-order valence-electron chi connectivity index (χ2n) is 7.10. The fraction of sp³-hybridized carbons (Fsp3) is 0.381. The molecule has 0 aliphatic carbocycles. The summed E-state index contributed by atoms with van der Waals surface area (Å²) >= 11 is 6.17. The van der Waals surface area contributed by atoms with Crippen LogP contribution < -0.4 is 5.32 Å². The van der Waals surface area contributed by atoms with E-state index in [1.54, 1.807) is 34.6 Å². The Morgan fingerprint density at radius 1 is 1.07 bits per heavy atom. The van der Waals surface area contributed by atoms with Gasteiger partial charge in [-0.3, -0.25) is 4.79 Å². The molecule has 1 amide bonds. The fourth-order valence-electron chi connectivity index (χ4n) is 3.42. The van der Waals surface area contributed by atoms with Gasteiger partial charge >= 0.3 is 0 Å². The highest BCUT2D eigenvalue weighted by atomic mass is 35.5. The maximum atomic E-state index is 12.7. The largest absolute Gasteiger partial charge is 0.349 e. The van der Waals surface area contributed by atoms with Gasteiger partial charge in [0.1, 0.15) is 0 Å². The molecule has 5 nitrogen and oxygen atoms in total. The summed E-state index contributed by atoms with van der Waals surface area (Å²) < 4.78 is 26.9. The van der Waals surface area contributed by atoms with Gasteiger partial charge in [-0.25, -0.2) is 8.42 Å². The molecule has 1 atom stereocenters. The summed E-state index contributed by atoms with van der Waals surface area (Å²) in [7, 11) is -3.45. The molecule has 2 aromatic rings. The van der Waals surface area contributed by atoms with Gasteiger partial charge in [0.05, 0.1) is 17.4 Å². The molecule has 1 aliphatic heterocycles. The van der Waals surface area contributed by atoms with Crippen molar-refractivity contribution < 1.29 is 13.2 Å². The van der Waals surface area contributed by atoms with E-state index in [9.17, 15) is 13.2 Å². The molecule has 1 fully saturated rings. The van der Waals surface area contributed by atoms with Crippen LogP contribution in [0.4, 0.5) is 0 Å². The SMILES string of the molecule is CC(NC(=O)Cc1ccc(S(=O)(=O)N2CCCCC2)cc1)c1ccccc1Cl. The van der Waals surface area contributed by atoms with E-state index in [0.717, 1.165) is 30.4 Å². The van der Waals surface area contributed by atoms with Crippen LogP contribution in [0.3, 0.4) is 0 Å². The average molecular weight is 421 g/mol. The van der Waals surface area contributed by atoms with E-state index < -0.39 is 10.0 Å². The van der Waals surface area contributed by atoms with Crippen molar-refractivity contribution in [1.29, 1.82) is 0 Å². The number of halogens is 1. The van der Waals surface area contributed by atoms with Crippen molar-refractivity contribution in [3.8, 4) is 0 Å². The summed E-state index contributed by atoms with van der Waals surface area (Å²) in [5.41, 5.74) is 1.63. The van der Waals surface area contributed by atoms with Crippen LogP contribution in [0.25, 0.3) is 0 Å². The molecular formula is C21H25ClN2O3S. The third-order valence-electron chi connectivity index (χ3n) is 4.99. The van der Waals surface area contributed by atoms with Crippen molar-refractivity contribution in [2.24, 2.45) is 0 Å². The highest BCUT2D eigenvalue weighted by Crippen LogP contribution is 2.23. The second-order valence-corrected chi connectivity index (χ2v) is 9.44. The maximum Gasteiger partial charge on any atom is 0.243 e. The Morgan fingerprint density at radius 3 is 2.36 bits per heavy atom. The smallest absolute Gasteiger partial charge is 0.243 e. The van der Waals surface area contributed by atoms with Gasteiger partial charge in [-0.05, 0) is 49.1 Å². The number of carbonyl (C=O) groups is 1. The summed E-state index contributed by atoms with van der Waals surface area (Å²) in [6, 6.07) is 13.8. The normalized spacial score (nSPS) is 16.5. The molecular weight excluding hydrogens is 396 g/mol. The molecule has 7 heteroatoms. The number of rotatable bonds is 6. The first-order chi connectivity index (χ1) is 13.4. The average Bonchev–Trinajstić information content (AvgIpc) is 2.69. The minimum Gasteiger partial charge on any atom is -0.349 e. The number of amides is 1. The minimum absolute atomic E-state index is 0.140. The zero-order valence-corrected chi connectivity index (χ0v) is 17.5. The first kappa shape index (κ1) is 20.8. The van der Waals surface area contributed by atoms with Gasteiger partial charge in [-0.2, -0.15) is 4.31 Å². The zero-order chi connectivity index (χ0) is 20.1. The molecule has 1 N–H and O–H groups in total. The number of piperidine rings is 1. The van der Waals surface area contributed by atoms with Gasteiger partial charge < -0.3 is 5.32 Å². The Kier molecular flexibility index (Phi) is 6.75. The van der Waals surface area contributed by atoms with E-state index in [0.29, 0.717) is 18.1 Å². The molecule has 0 radical (unpaired) electrons. The van der Waals surface area contributed by atoms with E-state index >= 15 is 0 Å². The number of sulfonamides is 1. The third-order valence-corrected chi connectivity index (χ3v) is 7.25. The molecule has 0 spiro atoms. The van der Waals surface area contributed by atoms with Crippen LogP contribution in [0.5, 0.6) is 0 Å². The number of carbonyl (C=O) groups excluding carboxylic acids is 1. The molecule has 0 saturated carbocycles. The summed E-state index contributed by atoms with van der Waals surface area (Å²) in [6.07, 6.45) is 3.06. The highest BCUT2D eigenvalue weighted by Gasteiger charge is 2.25. The van der Waals surface area contributed by atoms with Crippen LogP contribution >= 0.6 is 11.6 Å².